The van der Waals surface area contributed by atoms with Gasteiger partial charge in [-0.05, 0) is 24.5 Å². The maximum Gasteiger partial charge on any atom is 0.340 e. The fourth-order valence-electron chi connectivity index (χ4n) is 2.92. The second kappa shape index (κ2) is 9.29. The number of rotatable bonds is 7. The van der Waals surface area contributed by atoms with E-state index in [1.807, 2.05) is 30.5 Å². The van der Waals surface area contributed by atoms with Crippen molar-refractivity contribution in [1.29, 1.82) is 0 Å². The van der Waals surface area contributed by atoms with Gasteiger partial charge in [-0.25, -0.2) is 4.79 Å². The third-order valence-corrected chi connectivity index (χ3v) is 5.03. The molecule has 8 heteroatoms. The quantitative estimate of drug-likeness (QED) is 0.473. The summed E-state index contributed by atoms with van der Waals surface area (Å²) in [5.74, 6) is -1.50. The van der Waals surface area contributed by atoms with Crippen LogP contribution in [0, 0.1) is 0 Å². The molecular formula is C21H20N2O5S. The molecule has 0 atom stereocenters. The van der Waals surface area contributed by atoms with Crippen LogP contribution in [0.1, 0.15) is 10.4 Å². The van der Waals surface area contributed by atoms with E-state index in [1.165, 1.54) is 18.9 Å². The molecule has 3 rings (SSSR count). The van der Waals surface area contributed by atoms with Crippen molar-refractivity contribution in [2.24, 2.45) is 0 Å². The number of thioether (sulfide) groups is 1. The second-order valence-corrected chi connectivity index (χ2v) is 6.94. The molecule has 0 aliphatic heterocycles. The van der Waals surface area contributed by atoms with Crippen LogP contribution in [0.25, 0.3) is 10.9 Å². The van der Waals surface area contributed by atoms with Gasteiger partial charge < -0.3 is 19.4 Å². The molecule has 150 valence electrons. The number of nitrogens with one attached hydrogen (secondary N) is 1. The first-order valence-corrected chi connectivity index (χ1v) is 10.0. The Balaban J connectivity index is 1.64. The third kappa shape index (κ3) is 4.78. The minimum Gasteiger partial charge on any atom is -0.465 e. The van der Waals surface area contributed by atoms with Crippen molar-refractivity contribution in [3.05, 3.63) is 60.3 Å². The summed E-state index contributed by atoms with van der Waals surface area (Å²) >= 11 is 1.51. The Morgan fingerprint density at radius 3 is 2.55 bits per heavy atom. The summed E-state index contributed by atoms with van der Waals surface area (Å²) in [6.07, 6.45) is 3.46. The predicted octanol–water partition coefficient (Wildman–Crippen LogP) is 3.33. The molecule has 0 aliphatic carbocycles. The van der Waals surface area contributed by atoms with Crippen molar-refractivity contribution < 1.29 is 23.9 Å². The van der Waals surface area contributed by atoms with E-state index in [-0.39, 0.29) is 6.54 Å². The molecule has 0 spiro atoms. The molecule has 0 saturated heterocycles. The van der Waals surface area contributed by atoms with Crippen molar-refractivity contribution in [2.75, 3.05) is 25.3 Å². The Morgan fingerprint density at radius 2 is 1.79 bits per heavy atom. The molecule has 0 bridgehead atoms. The molecule has 0 aliphatic rings. The summed E-state index contributed by atoms with van der Waals surface area (Å²) in [5, 5.41) is 3.41. The van der Waals surface area contributed by atoms with Gasteiger partial charge in [0.1, 0.15) is 6.54 Å². The molecule has 0 unspecified atom stereocenters. The number of para-hydroxylation sites is 2. The zero-order valence-corrected chi connectivity index (χ0v) is 16.8. The Morgan fingerprint density at radius 1 is 1.07 bits per heavy atom. The largest absolute Gasteiger partial charge is 0.465 e. The average Bonchev–Trinajstić information content (AvgIpc) is 3.10. The maximum absolute atomic E-state index is 12.2. The lowest BCUT2D eigenvalue weighted by Crippen LogP contribution is -2.23. The predicted molar refractivity (Wildman–Crippen MR) is 111 cm³/mol. The van der Waals surface area contributed by atoms with Gasteiger partial charge in [0.05, 0.1) is 18.4 Å². The van der Waals surface area contributed by atoms with Gasteiger partial charge in [-0.1, -0.05) is 30.3 Å². The van der Waals surface area contributed by atoms with Gasteiger partial charge in [0, 0.05) is 22.0 Å². The van der Waals surface area contributed by atoms with Crippen LogP contribution >= 0.6 is 11.8 Å². The summed E-state index contributed by atoms with van der Waals surface area (Å²) in [7, 11) is 1.30. The summed E-state index contributed by atoms with van der Waals surface area (Å²) in [5.41, 5.74) is 1.73. The second-order valence-electron chi connectivity index (χ2n) is 6.09. The molecule has 0 fully saturated rings. The Kier molecular flexibility index (Phi) is 6.56. The van der Waals surface area contributed by atoms with Gasteiger partial charge in [0.15, 0.2) is 6.61 Å². The average molecular weight is 412 g/mol. The molecule has 2 aromatic carbocycles. The Bertz CT molecular complexity index is 1060. The molecule has 29 heavy (non-hydrogen) atoms. The number of methoxy groups -OCH3 is 1. The standard InChI is InChI=1S/C21H20N2O5S/c1-27-21(26)15-11-23(17-9-5-3-7-14(15)17)12-20(25)28-13-19(24)22-16-8-4-6-10-18(16)29-2/h3-11H,12-13H2,1-2H3,(H,22,24). The fraction of sp³-hybridized carbons (Fsp3) is 0.190. The highest BCUT2D eigenvalue weighted by atomic mass is 32.2. The summed E-state index contributed by atoms with van der Waals surface area (Å²) in [6, 6.07) is 14.5. The number of amides is 1. The molecule has 0 radical (unpaired) electrons. The molecule has 1 heterocycles. The normalized spacial score (nSPS) is 10.6. The van der Waals surface area contributed by atoms with Crippen LogP contribution in [0.5, 0.6) is 0 Å². The highest BCUT2D eigenvalue weighted by molar-refractivity contribution is 7.98. The van der Waals surface area contributed by atoms with E-state index in [0.29, 0.717) is 22.2 Å². The van der Waals surface area contributed by atoms with Crippen LogP contribution in [-0.2, 0) is 25.6 Å². The van der Waals surface area contributed by atoms with Crippen LogP contribution in [-0.4, -0.2) is 42.4 Å². The monoisotopic (exact) mass is 412 g/mol. The van der Waals surface area contributed by atoms with E-state index in [2.05, 4.69) is 5.32 Å². The smallest absolute Gasteiger partial charge is 0.340 e. The highest BCUT2D eigenvalue weighted by Crippen LogP contribution is 2.24. The molecular weight excluding hydrogens is 392 g/mol. The van der Waals surface area contributed by atoms with Gasteiger partial charge in [-0.15, -0.1) is 11.8 Å². The van der Waals surface area contributed by atoms with Gasteiger partial charge in [0.25, 0.3) is 5.91 Å². The summed E-state index contributed by atoms with van der Waals surface area (Å²) in [6.45, 7) is -0.531. The van der Waals surface area contributed by atoms with Crippen LogP contribution in [0.4, 0.5) is 5.69 Å². The molecule has 7 nitrogen and oxygen atoms in total. The number of fused-ring (bicyclic) bond motifs is 1. The van der Waals surface area contributed by atoms with E-state index >= 15 is 0 Å². The van der Waals surface area contributed by atoms with E-state index < -0.39 is 24.5 Å². The first-order chi connectivity index (χ1) is 14.0. The number of esters is 2. The van der Waals surface area contributed by atoms with Crippen LogP contribution in [0.3, 0.4) is 0 Å². The number of aromatic nitrogens is 1. The minimum absolute atomic E-state index is 0.133. The molecule has 1 aromatic heterocycles. The van der Waals surface area contributed by atoms with Crippen molar-refractivity contribution in [1.82, 2.24) is 4.57 Å². The number of hydrogen-bond donors (Lipinski definition) is 1. The SMILES string of the molecule is COC(=O)c1cn(CC(=O)OCC(=O)Nc2ccccc2SC)c2ccccc12. The highest BCUT2D eigenvalue weighted by Gasteiger charge is 2.17. The molecule has 3 aromatic rings. The van der Waals surface area contributed by atoms with E-state index in [0.717, 1.165) is 4.90 Å². The van der Waals surface area contributed by atoms with E-state index in [1.54, 1.807) is 35.0 Å². The van der Waals surface area contributed by atoms with Gasteiger partial charge in [0.2, 0.25) is 0 Å². The van der Waals surface area contributed by atoms with Gasteiger partial charge in [-0.2, -0.15) is 0 Å². The number of hydrogen-bond acceptors (Lipinski definition) is 6. The minimum atomic E-state index is -0.588. The van der Waals surface area contributed by atoms with E-state index in [9.17, 15) is 14.4 Å². The molecule has 1 N–H and O–H groups in total. The number of ether oxygens (including phenoxy) is 2. The van der Waals surface area contributed by atoms with Crippen LogP contribution in [0.15, 0.2) is 59.6 Å². The number of anilines is 1. The first-order valence-electron chi connectivity index (χ1n) is 8.78. The van der Waals surface area contributed by atoms with Crippen LogP contribution < -0.4 is 5.32 Å². The first kappa shape index (κ1) is 20.5. The number of nitrogens with zero attached hydrogens (tertiary/aromatic N) is 1. The topological polar surface area (TPSA) is 86.6 Å². The summed E-state index contributed by atoms with van der Waals surface area (Å²) < 4.78 is 11.5. The zero-order chi connectivity index (χ0) is 20.8. The zero-order valence-electron chi connectivity index (χ0n) is 16.0. The maximum atomic E-state index is 12.2. The van der Waals surface area contributed by atoms with E-state index in [4.69, 9.17) is 9.47 Å². The lowest BCUT2D eigenvalue weighted by atomic mass is 10.2. The Labute approximate surface area is 172 Å². The number of carbonyl (C=O) groups is 3. The lowest BCUT2D eigenvalue weighted by Gasteiger charge is -2.10. The van der Waals surface area contributed by atoms with Crippen molar-refractivity contribution in [3.8, 4) is 0 Å². The fourth-order valence-corrected chi connectivity index (χ4v) is 3.47. The van der Waals surface area contributed by atoms with Crippen molar-refractivity contribution in [3.63, 3.8) is 0 Å². The Hall–Kier alpha value is -3.26. The molecule has 1 amide bonds. The van der Waals surface area contributed by atoms with Crippen molar-refractivity contribution >= 4 is 46.2 Å². The number of benzene rings is 2. The summed E-state index contributed by atoms with van der Waals surface area (Å²) in [4.78, 5) is 37.2. The van der Waals surface area contributed by atoms with Gasteiger partial charge in [-0.3, -0.25) is 9.59 Å². The lowest BCUT2D eigenvalue weighted by molar-refractivity contribution is -0.147. The van der Waals surface area contributed by atoms with Gasteiger partial charge >= 0.3 is 11.9 Å². The third-order valence-electron chi connectivity index (χ3n) is 4.24. The van der Waals surface area contributed by atoms with Crippen LogP contribution in [0.2, 0.25) is 0 Å². The molecule has 0 saturated carbocycles. The van der Waals surface area contributed by atoms with Crippen molar-refractivity contribution in [2.45, 2.75) is 11.4 Å². The number of carbonyl (C=O) groups excluding carboxylic acids is 3.